The van der Waals surface area contributed by atoms with E-state index in [9.17, 15) is 13.2 Å². The predicted octanol–water partition coefficient (Wildman–Crippen LogP) is 4.87. The third-order valence-corrected chi connectivity index (χ3v) is 10.0. The number of rotatable bonds is 3. The van der Waals surface area contributed by atoms with E-state index in [0.29, 0.717) is 28.3 Å². The van der Waals surface area contributed by atoms with Gasteiger partial charge in [0.15, 0.2) is 0 Å². The van der Waals surface area contributed by atoms with Crippen LogP contribution in [0.3, 0.4) is 0 Å². The highest BCUT2D eigenvalue weighted by Gasteiger charge is 2.32. The molecule has 0 aliphatic carbocycles. The van der Waals surface area contributed by atoms with Crippen molar-refractivity contribution in [2.75, 3.05) is 23.0 Å². The molecule has 0 spiro atoms. The molecule has 2 fully saturated rings. The Morgan fingerprint density at radius 1 is 1.03 bits per heavy atom. The molecule has 0 unspecified atom stereocenters. The van der Waals surface area contributed by atoms with Gasteiger partial charge in [0, 0.05) is 24.5 Å². The van der Waals surface area contributed by atoms with Gasteiger partial charge in [-0.25, -0.2) is 4.79 Å². The molecule has 3 aliphatic rings. The second-order valence-electron chi connectivity index (χ2n) is 7.66. The van der Waals surface area contributed by atoms with Crippen LogP contribution in [0, 0.1) is 0 Å². The summed E-state index contributed by atoms with van der Waals surface area (Å²) in [4.78, 5) is 14.8. The van der Waals surface area contributed by atoms with Crippen LogP contribution in [0.2, 0.25) is 0 Å². The second kappa shape index (κ2) is 8.52. The molecule has 0 radical (unpaired) electrons. The molecule has 3 aliphatic heterocycles. The Morgan fingerprint density at radius 2 is 1.81 bits per heavy atom. The van der Waals surface area contributed by atoms with Crippen molar-refractivity contribution >= 4 is 51.0 Å². The molecule has 0 amide bonds. The van der Waals surface area contributed by atoms with Crippen LogP contribution in [0.5, 0.6) is 5.75 Å². The van der Waals surface area contributed by atoms with E-state index in [0.717, 1.165) is 37.3 Å². The molecule has 0 N–H and O–H groups in total. The molecule has 0 atom stereocenters. The van der Waals surface area contributed by atoms with E-state index >= 15 is 0 Å². The Labute approximate surface area is 190 Å². The van der Waals surface area contributed by atoms with Crippen LogP contribution >= 0.6 is 23.5 Å². The van der Waals surface area contributed by atoms with Crippen molar-refractivity contribution in [2.24, 2.45) is 4.40 Å². The first-order valence-corrected chi connectivity index (χ1v) is 13.9. The quantitative estimate of drug-likeness (QED) is 0.464. The summed E-state index contributed by atoms with van der Waals surface area (Å²) in [5.74, 6) is 2.75. The number of thioether (sulfide) groups is 2. The monoisotopic (exact) mass is 474 g/mol. The van der Waals surface area contributed by atoms with E-state index in [1.54, 1.807) is 24.3 Å². The standard InChI is InChI=1S/C22H22N2O4S3/c25-21(28-17-8-5-15(6-9-17)22-29-12-13-30-22)16-7-10-18-19(14-16)31(26,27)23-20-4-2-1-3-11-24(18)20/h5-10,14,22H,1-4,11-13H2. The molecule has 0 saturated carbocycles. The van der Waals surface area contributed by atoms with Gasteiger partial charge < -0.3 is 9.64 Å². The maximum absolute atomic E-state index is 12.8. The van der Waals surface area contributed by atoms with E-state index in [4.69, 9.17) is 4.74 Å². The third-order valence-electron chi connectivity index (χ3n) is 5.57. The summed E-state index contributed by atoms with van der Waals surface area (Å²) in [6, 6.07) is 12.2. The minimum atomic E-state index is -3.84. The molecule has 6 nitrogen and oxygen atoms in total. The van der Waals surface area contributed by atoms with E-state index in [2.05, 4.69) is 4.40 Å². The molecule has 2 aromatic carbocycles. The fourth-order valence-electron chi connectivity index (χ4n) is 4.02. The van der Waals surface area contributed by atoms with Crippen molar-refractivity contribution in [1.82, 2.24) is 0 Å². The van der Waals surface area contributed by atoms with Crippen LogP contribution in [-0.4, -0.2) is 38.3 Å². The zero-order valence-corrected chi connectivity index (χ0v) is 19.3. The number of sulfonamides is 1. The first-order chi connectivity index (χ1) is 15.0. The van der Waals surface area contributed by atoms with E-state index in [-0.39, 0.29) is 10.5 Å². The summed E-state index contributed by atoms with van der Waals surface area (Å²) in [6.07, 6.45) is 3.61. The first kappa shape index (κ1) is 20.9. The lowest BCUT2D eigenvalue weighted by molar-refractivity contribution is 0.0734. The van der Waals surface area contributed by atoms with Crippen LogP contribution in [-0.2, 0) is 10.0 Å². The number of ether oxygens (including phenoxy) is 1. The Balaban J connectivity index is 1.38. The Hall–Kier alpha value is -1.97. The molecule has 31 heavy (non-hydrogen) atoms. The summed E-state index contributed by atoms with van der Waals surface area (Å²) in [5.41, 5.74) is 2.00. The summed E-state index contributed by atoms with van der Waals surface area (Å²) in [6.45, 7) is 0.731. The summed E-state index contributed by atoms with van der Waals surface area (Å²) >= 11 is 3.84. The van der Waals surface area contributed by atoms with Crippen molar-refractivity contribution in [3.8, 4) is 5.75 Å². The SMILES string of the molecule is O=C(Oc1ccc(C2SCCS2)cc1)c1ccc2c(c1)S(=O)(=O)N=C1CCCCCN12. The molecule has 2 saturated heterocycles. The average Bonchev–Trinajstić information content (AvgIpc) is 3.20. The number of esters is 1. The van der Waals surface area contributed by atoms with Gasteiger partial charge >= 0.3 is 5.97 Å². The third kappa shape index (κ3) is 4.23. The average molecular weight is 475 g/mol. The number of carbonyl (C=O) groups excluding carboxylic acids is 1. The summed E-state index contributed by atoms with van der Waals surface area (Å²) < 4.78 is 35.5. The zero-order chi connectivity index (χ0) is 21.4. The fraction of sp³-hybridized carbons (Fsp3) is 0.364. The predicted molar refractivity (Wildman–Crippen MR) is 126 cm³/mol. The topological polar surface area (TPSA) is 76.0 Å². The van der Waals surface area contributed by atoms with E-state index < -0.39 is 16.0 Å². The maximum Gasteiger partial charge on any atom is 0.343 e. The van der Waals surface area contributed by atoms with Gasteiger partial charge in [-0.05, 0) is 48.7 Å². The number of benzene rings is 2. The smallest absolute Gasteiger partial charge is 0.343 e. The summed E-state index contributed by atoms with van der Waals surface area (Å²) in [7, 11) is -3.84. The van der Waals surface area contributed by atoms with E-state index in [1.807, 2.05) is 40.6 Å². The molecule has 9 heteroatoms. The van der Waals surface area contributed by atoms with E-state index in [1.165, 1.54) is 11.6 Å². The molecule has 162 valence electrons. The van der Waals surface area contributed by atoms with Gasteiger partial charge in [0.05, 0.1) is 15.8 Å². The van der Waals surface area contributed by atoms with Gasteiger partial charge in [-0.2, -0.15) is 8.42 Å². The number of amidine groups is 1. The number of hydrogen-bond donors (Lipinski definition) is 0. The highest BCUT2D eigenvalue weighted by molar-refractivity contribution is 8.19. The van der Waals surface area contributed by atoms with Gasteiger partial charge in [0.25, 0.3) is 10.0 Å². The van der Waals surface area contributed by atoms with Crippen LogP contribution in [0.1, 0.15) is 46.2 Å². The van der Waals surface area contributed by atoms with Crippen molar-refractivity contribution in [3.63, 3.8) is 0 Å². The van der Waals surface area contributed by atoms with Crippen molar-refractivity contribution < 1.29 is 17.9 Å². The summed E-state index contributed by atoms with van der Waals surface area (Å²) in [5, 5.41) is 0. The van der Waals surface area contributed by atoms with Gasteiger partial charge in [0.1, 0.15) is 16.5 Å². The van der Waals surface area contributed by atoms with Crippen molar-refractivity contribution in [2.45, 2.75) is 35.2 Å². The van der Waals surface area contributed by atoms with Crippen LogP contribution < -0.4 is 9.64 Å². The minimum absolute atomic E-state index is 0.0678. The van der Waals surface area contributed by atoms with Crippen molar-refractivity contribution in [3.05, 3.63) is 53.6 Å². The van der Waals surface area contributed by atoms with Crippen molar-refractivity contribution in [1.29, 1.82) is 0 Å². The molecular formula is C22H22N2O4S3. The zero-order valence-electron chi connectivity index (χ0n) is 16.8. The van der Waals surface area contributed by atoms with Crippen LogP contribution in [0.4, 0.5) is 5.69 Å². The number of hydrogen-bond acceptors (Lipinski definition) is 7. The van der Waals surface area contributed by atoms with Gasteiger partial charge in [-0.1, -0.05) is 18.6 Å². The lowest BCUT2D eigenvalue weighted by atomic mass is 10.1. The Morgan fingerprint density at radius 3 is 2.58 bits per heavy atom. The number of fused-ring (bicyclic) bond motifs is 3. The lowest BCUT2D eigenvalue weighted by Crippen LogP contribution is -2.35. The largest absolute Gasteiger partial charge is 0.423 e. The Kier molecular flexibility index (Phi) is 5.75. The normalized spacial score (nSPS) is 20.4. The second-order valence-corrected chi connectivity index (χ2v) is 12.0. The fourth-order valence-corrected chi connectivity index (χ4v) is 8.16. The highest BCUT2D eigenvalue weighted by atomic mass is 32.2. The highest BCUT2D eigenvalue weighted by Crippen LogP contribution is 2.45. The van der Waals surface area contributed by atoms with Gasteiger partial charge in [-0.15, -0.1) is 27.9 Å². The molecule has 5 rings (SSSR count). The first-order valence-electron chi connectivity index (χ1n) is 10.3. The molecule has 2 aromatic rings. The molecular weight excluding hydrogens is 452 g/mol. The van der Waals surface area contributed by atoms with Crippen LogP contribution in [0.15, 0.2) is 51.8 Å². The molecule has 0 bridgehead atoms. The number of carbonyl (C=O) groups is 1. The number of anilines is 1. The number of nitrogens with zero attached hydrogens (tertiary/aromatic N) is 2. The maximum atomic E-state index is 12.8. The van der Waals surface area contributed by atoms with Gasteiger partial charge in [-0.3, -0.25) is 0 Å². The van der Waals surface area contributed by atoms with Gasteiger partial charge in [0.2, 0.25) is 0 Å². The Bertz CT molecular complexity index is 1140. The van der Waals surface area contributed by atoms with Crippen LogP contribution in [0.25, 0.3) is 0 Å². The molecule has 0 aromatic heterocycles. The minimum Gasteiger partial charge on any atom is -0.423 e. The molecule has 3 heterocycles. The lowest BCUT2D eigenvalue weighted by Gasteiger charge is -2.29.